The minimum atomic E-state index is -0.590. The number of anilines is 2. The molecule has 2 aromatic rings. The summed E-state index contributed by atoms with van der Waals surface area (Å²) in [5.74, 6) is 0.296. The van der Waals surface area contributed by atoms with Crippen LogP contribution in [0.3, 0.4) is 0 Å². The van der Waals surface area contributed by atoms with E-state index >= 15 is 0 Å². The Hall–Kier alpha value is -2.70. The molecule has 0 bridgehead atoms. The Balaban J connectivity index is 1.68. The van der Waals surface area contributed by atoms with Crippen LogP contribution in [0.25, 0.3) is 0 Å². The molecule has 0 spiro atoms. The zero-order chi connectivity index (χ0) is 15.9. The topological polar surface area (TPSA) is 107 Å². The zero-order valence-electron chi connectivity index (χ0n) is 11.8. The first-order valence-electron chi connectivity index (χ1n) is 7.07. The standard InChI is InChI=1S/C15H15N3O4/c16-12-13(15(20)14(12)19)17-7-5-10(6-8-17)9-1-3-11(4-2-9)18(21)22/h1-4,10H,5-8,16H2. The van der Waals surface area contributed by atoms with Crippen molar-refractivity contribution in [2.45, 2.75) is 18.8 Å². The van der Waals surface area contributed by atoms with Crippen LogP contribution in [0.1, 0.15) is 24.3 Å². The lowest BCUT2D eigenvalue weighted by Gasteiger charge is -2.34. The first-order valence-corrected chi connectivity index (χ1v) is 7.07. The average molecular weight is 301 g/mol. The molecule has 3 rings (SSSR count). The van der Waals surface area contributed by atoms with Crippen molar-refractivity contribution < 1.29 is 4.92 Å². The average Bonchev–Trinajstić information content (AvgIpc) is 2.55. The minimum Gasteiger partial charge on any atom is -0.394 e. The van der Waals surface area contributed by atoms with Gasteiger partial charge in [-0.15, -0.1) is 0 Å². The summed E-state index contributed by atoms with van der Waals surface area (Å²) in [5.41, 5.74) is 6.06. The lowest BCUT2D eigenvalue weighted by Crippen LogP contribution is -2.45. The molecule has 2 N–H and O–H groups in total. The number of nitrogens with zero attached hydrogens (tertiary/aromatic N) is 2. The predicted molar refractivity (Wildman–Crippen MR) is 83.1 cm³/mol. The van der Waals surface area contributed by atoms with Crippen LogP contribution in [-0.4, -0.2) is 18.0 Å². The fourth-order valence-electron chi connectivity index (χ4n) is 3.02. The van der Waals surface area contributed by atoms with E-state index in [1.165, 1.54) is 12.1 Å². The molecule has 22 heavy (non-hydrogen) atoms. The van der Waals surface area contributed by atoms with E-state index in [1.54, 1.807) is 12.1 Å². The Labute approximate surface area is 125 Å². The second-order valence-corrected chi connectivity index (χ2v) is 5.53. The molecule has 1 heterocycles. The maximum atomic E-state index is 11.5. The number of nitro benzene ring substituents is 1. The summed E-state index contributed by atoms with van der Waals surface area (Å²) in [7, 11) is 0. The summed E-state index contributed by atoms with van der Waals surface area (Å²) in [6, 6.07) is 6.58. The fraction of sp³-hybridized carbons (Fsp3) is 0.333. The van der Waals surface area contributed by atoms with E-state index in [4.69, 9.17) is 5.73 Å². The highest BCUT2D eigenvalue weighted by Gasteiger charge is 2.28. The largest absolute Gasteiger partial charge is 0.394 e. The van der Waals surface area contributed by atoms with E-state index in [0.717, 1.165) is 18.4 Å². The molecular formula is C15H15N3O4. The van der Waals surface area contributed by atoms with E-state index in [2.05, 4.69) is 0 Å². The Morgan fingerprint density at radius 2 is 1.68 bits per heavy atom. The van der Waals surface area contributed by atoms with Gasteiger partial charge >= 0.3 is 0 Å². The van der Waals surface area contributed by atoms with Gasteiger partial charge in [0.1, 0.15) is 11.4 Å². The van der Waals surface area contributed by atoms with Crippen LogP contribution in [0, 0.1) is 10.1 Å². The van der Waals surface area contributed by atoms with Crippen molar-refractivity contribution in [3.63, 3.8) is 0 Å². The van der Waals surface area contributed by atoms with Gasteiger partial charge in [0, 0.05) is 25.2 Å². The molecule has 7 heteroatoms. The van der Waals surface area contributed by atoms with Crippen molar-refractivity contribution in [2.24, 2.45) is 0 Å². The molecule has 0 atom stereocenters. The highest BCUT2D eigenvalue weighted by atomic mass is 16.6. The summed E-state index contributed by atoms with van der Waals surface area (Å²) < 4.78 is 0. The van der Waals surface area contributed by atoms with Gasteiger partial charge in [-0.1, -0.05) is 12.1 Å². The molecule has 0 amide bonds. The molecule has 0 aromatic heterocycles. The fourth-order valence-corrected chi connectivity index (χ4v) is 3.02. The van der Waals surface area contributed by atoms with Crippen LogP contribution in [-0.2, 0) is 0 Å². The van der Waals surface area contributed by atoms with Gasteiger partial charge in [0.25, 0.3) is 16.5 Å². The first kappa shape index (κ1) is 14.2. The van der Waals surface area contributed by atoms with Crippen molar-refractivity contribution in [2.75, 3.05) is 23.7 Å². The molecule has 1 saturated heterocycles. The second kappa shape index (κ2) is 5.25. The molecule has 0 unspecified atom stereocenters. The molecule has 0 saturated carbocycles. The summed E-state index contributed by atoms with van der Waals surface area (Å²) in [6.07, 6.45) is 1.63. The van der Waals surface area contributed by atoms with E-state index in [9.17, 15) is 19.7 Å². The zero-order valence-corrected chi connectivity index (χ0v) is 11.8. The van der Waals surface area contributed by atoms with Crippen LogP contribution in [0.15, 0.2) is 33.9 Å². The second-order valence-electron chi connectivity index (χ2n) is 5.53. The lowest BCUT2D eigenvalue weighted by molar-refractivity contribution is -0.384. The SMILES string of the molecule is Nc1c(N2CCC(c3ccc([N+](=O)[O-])cc3)CC2)c(=O)c1=O. The first-order chi connectivity index (χ1) is 10.5. The molecule has 0 aliphatic carbocycles. The molecule has 1 aliphatic heterocycles. The predicted octanol–water partition coefficient (Wildman–Crippen LogP) is 1.16. The van der Waals surface area contributed by atoms with Crippen molar-refractivity contribution >= 4 is 17.1 Å². The number of nitro groups is 1. The van der Waals surface area contributed by atoms with E-state index < -0.39 is 15.8 Å². The van der Waals surface area contributed by atoms with Crippen LogP contribution in [0.2, 0.25) is 0 Å². The summed E-state index contributed by atoms with van der Waals surface area (Å²) in [6.45, 7) is 1.30. The van der Waals surface area contributed by atoms with E-state index in [1.807, 2.05) is 4.90 Å². The molecule has 0 radical (unpaired) electrons. The number of hydrogen-bond acceptors (Lipinski definition) is 6. The molecule has 2 aromatic carbocycles. The number of benzene rings is 1. The van der Waals surface area contributed by atoms with Crippen LogP contribution < -0.4 is 21.5 Å². The van der Waals surface area contributed by atoms with Gasteiger partial charge in [0.05, 0.1) is 4.92 Å². The van der Waals surface area contributed by atoms with Crippen LogP contribution >= 0.6 is 0 Å². The highest BCUT2D eigenvalue weighted by Crippen LogP contribution is 2.31. The summed E-state index contributed by atoms with van der Waals surface area (Å²) in [5, 5.41) is 10.7. The monoisotopic (exact) mass is 301 g/mol. The summed E-state index contributed by atoms with van der Waals surface area (Å²) in [4.78, 5) is 34.8. The number of non-ortho nitro benzene ring substituents is 1. The van der Waals surface area contributed by atoms with Crippen LogP contribution in [0.5, 0.6) is 0 Å². The number of hydrogen-bond donors (Lipinski definition) is 1. The van der Waals surface area contributed by atoms with Crippen molar-refractivity contribution in [1.82, 2.24) is 0 Å². The number of nitrogen functional groups attached to an aromatic ring is 1. The summed E-state index contributed by atoms with van der Waals surface area (Å²) >= 11 is 0. The number of nitrogens with two attached hydrogens (primary N) is 1. The third-order valence-electron chi connectivity index (χ3n) is 4.31. The van der Waals surface area contributed by atoms with Gasteiger partial charge in [-0.05, 0) is 24.3 Å². The van der Waals surface area contributed by atoms with Gasteiger partial charge in [-0.25, -0.2) is 0 Å². The van der Waals surface area contributed by atoms with Crippen molar-refractivity contribution in [1.29, 1.82) is 0 Å². The smallest absolute Gasteiger partial charge is 0.269 e. The maximum absolute atomic E-state index is 11.5. The lowest BCUT2D eigenvalue weighted by atomic mass is 9.89. The van der Waals surface area contributed by atoms with Gasteiger partial charge in [-0.3, -0.25) is 19.7 Å². The maximum Gasteiger partial charge on any atom is 0.269 e. The third-order valence-corrected chi connectivity index (χ3v) is 4.31. The van der Waals surface area contributed by atoms with Crippen molar-refractivity contribution in [3.8, 4) is 0 Å². The molecule has 114 valence electrons. The Morgan fingerprint density at radius 1 is 1.09 bits per heavy atom. The molecular weight excluding hydrogens is 286 g/mol. The molecule has 1 aliphatic rings. The van der Waals surface area contributed by atoms with Gasteiger partial charge in [0.2, 0.25) is 0 Å². The van der Waals surface area contributed by atoms with Crippen LogP contribution in [0.4, 0.5) is 17.1 Å². The number of piperidine rings is 1. The Bertz CT molecular complexity index is 782. The molecule has 7 nitrogen and oxygen atoms in total. The Kier molecular flexibility index (Phi) is 3.40. The Morgan fingerprint density at radius 3 is 2.18 bits per heavy atom. The van der Waals surface area contributed by atoms with Gasteiger partial charge in [-0.2, -0.15) is 0 Å². The van der Waals surface area contributed by atoms with E-state index in [0.29, 0.717) is 24.7 Å². The van der Waals surface area contributed by atoms with Gasteiger partial charge in [0.15, 0.2) is 0 Å². The quantitative estimate of drug-likeness (QED) is 0.518. The highest BCUT2D eigenvalue weighted by molar-refractivity contribution is 5.72. The normalized spacial score (nSPS) is 16.1. The minimum absolute atomic E-state index is 0.0683. The van der Waals surface area contributed by atoms with Gasteiger partial charge < -0.3 is 10.6 Å². The number of rotatable bonds is 3. The van der Waals surface area contributed by atoms with Crippen molar-refractivity contribution in [3.05, 3.63) is 60.4 Å². The third kappa shape index (κ3) is 2.24. The van der Waals surface area contributed by atoms with E-state index in [-0.39, 0.29) is 11.4 Å². The molecule has 1 fully saturated rings.